The zero-order valence-corrected chi connectivity index (χ0v) is 13.8. The number of para-hydroxylation sites is 1. The van der Waals surface area contributed by atoms with Gasteiger partial charge in [0.15, 0.2) is 5.76 Å². The molecule has 1 N–H and O–H groups in total. The molecule has 0 saturated carbocycles. The van der Waals surface area contributed by atoms with Crippen LogP contribution in [0, 0.1) is 0 Å². The molecule has 3 aromatic rings. The number of halogens is 1. The largest absolute Gasteiger partial charge is 0.451 e. The molecule has 122 valence electrons. The molecule has 5 heteroatoms. The highest BCUT2D eigenvalue weighted by molar-refractivity contribution is 6.33. The zero-order chi connectivity index (χ0) is 16.5. The number of carbonyl (C=O) groups is 1. The SMILES string of the molecule is O=C(Nc1ccc(N2CCCC2)c(Cl)c1)c1cc2ccccc2o1. The number of nitrogens with zero attached hydrogens (tertiary/aromatic N) is 1. The molecule has 0 radical (unpaired) electrons. The summed E-state index contributed by atoms with van der Waals surface area (Å²) in [4.78, 5) is 14.6. The molecule has 1 amide bonds. The van der Waals surface area contributed by atoms with E-state index in [0.717, 1.165) is 24.2 Å². The van der Waals surface area contributed by atoms with Crippen LogP contribution in [0.2, 0.25) is 5.02 Å². The lowest BCUT2D eigenvalue weighted by molar-refractivity contribution is 0.0998. The van der Waals surface area contributed by atoms with E-state index in [2.05, 4.69) is 10.2 Å². The van der Waals surface area contributed by atoms with Crippen molar-refractivity contribution < 1.29 is 9.21 Å². The van der Waals surface area contributed by atoms with E-state index in [-0.39, 0.29) is 11.7 Å². The Morgan fingerprint density at radius 2 is 1.88 bits per heavy atom. The van der Waals surface area contributed by atoms with Gasteiger partial charge in [0.25, 0.3) is 5.91 Å². The maximum atomic E-state index is 12.4. The number of anilines is 2. The molecule has 1 aliphatic rings. The fraction of sp³-hybridized carbons (Fsp3) is 0.211. The van der Waals surface area contributed by atoms with E-state index in [1.54, 1.807) is 12.1 Å². The van der Waals surface area contributed by atoms with Crippen molar-refractivity contribution in [3.63, 3.8) is 0 Å². The minimum absolute atomic E-state index is 0.281. The Morgan fingerprint density at radius 3 is 2.62 bits per heavy atom. The molecule has 1 aliphatic heterocycles. The van der Waals surface area contributed by atoms with Gasteiger partial charge in [0, 0.05) is 24.2 Å². The van der Waals surface area contributed by atoms with Gasteiger partial charge in [-0.05, 0) is 43.2 Å². The van der Waals surface area contributed by atoms with Crippen LogP contribution in [-0.2, 0) is 0 Å². The van der Waals surface area contributed by atoms with Gasteiger partial charge in [-0.15, -0.1) is 0 Å². The molecule has 1 aromatic heterocycles. The van der Waals surface area contributed by atoms with Crippen LogP contribution < -0.4 is 10.2 Å². The first-order chi connectivity index (χ1) is 11.7. The fourth-order valence-electron chi connectivity index (χ4n) is 3.09. The van der Waals surface area contributed by atoms with Crippen molar-refractivity contribution in [1.29, 1.82) is 0 Å². The Bertz CT molecular complexity index is 864. The molecule has 1 fully saturated rings. The third-order valence-corrected chi connectivity index (χ3v) is 4.60. The van der Waals surface area contributed by atoms with Gasteiger partial charge in [-0.1, -0.05) is 29.8 Å². The van der Waals surface area contributed by atoms with Crippen molar-refractivity contribution in [3.05, 3.63) is 59.3 Å². The molecule has 4 rings (SSSR count). The monoisotopic (exact) mass is 340 g/mol. The second-order valence-electron chi connectivity index (χ2n) is 5.96. The number of furan rings is 1. The lowest BCUT2D eigenvalue weighted by atomic mass is 10.2. The van der Waals surface area contributed by atoms with Crippen LogP contribution in [0.1, 0.15) is 23.4 Å². The van der Waals surface area contributed by atoms with Crippen molar-refractivity contribution in [2.75, 3.05) is 23.3 Å². The topological polar surface area (TPSA) is 45.5 Å². The number of rotatable bonds is 3. The highest BCUT2D eigenvalue weighted by Gasteiger charge is 2.17. The van der Waals surface area contributed by atoms with E-state index in [9.17, 15) is 4.79 Å². The molecule has 0 spiro atoms. The quantitative estimate of drug-likeness (QED) is 0.734. The maximum Gasteiger partial charge on any atom is 0.291 e. The second kappa shape index (κ2) is 6.21. The molecule has 2 aromatic carbocycles. The first-order valence-corrected chi connectivity index (χ1v) is 8.43. The Kier molecular flexibility index (Phi) is 3.90. The van der Waals surface area contributed by atoms with Gasteiger partial charge in [-0.3, -0.25) is 4.79 Å². The highest BCUT2D eigenvalue weighted by Crippen LogP contribution is 2.31. The van der Waals surface area contributed by atoms with E-state index in [1.165, 1.54) is 12.8 Å². The van der Waals surface area contributed by atoms with Gasteiger partial charge in [0.05, 0.1) is 10.7 Å². The molecule has 2 heterocycles. The Hall–Kier alpha value is -2.46. The van der Waals surface area contributed by atoms with Crippen LogP contribution in [0.15, 0.2) is 52.9 Å². The predicted molar refractivity (Wildman–Crippen MR) is 97.1 cm³/mol. The second-order valence-corrected chi connectivity index (χ2v) is 6.37. The lowest BCUT2D eigenvalue weighted by Crippen LogP contribution is -2.18. The van der Waals surface area contributed by atoms with Crippen molar-refractivity contribution in [2.45, 2.75) is 12.8 Å². The first kappa shape index (κ1) is 15.1. The summed E-state index contributed by atoms with van der Waals surface area (Å²) in [6.07, 6.45) is 2.39. The van der Waals surface area contributed by atoms with Gasteiger partial charge >= 0.3 is 0 Å². The molecule has 4 nitrogen and oxygen atoms in total. The minimum atomic E-state index is -0.281. The summed E-state index contributed by atoms with van der Waals surface area (Å²) in [6, 6.07) is 14.9. The van der Waals surface area contributed by atoms with Crippen molar-refractivity contribution in [1.82, 2.24) is 0 Å². The number of amides is 1. The number of hydrogen-bond acceptors (Lipinski definition) is 3. The summed E-state index contributed by atoms with van der Waals surface area (Å²) >= 11 is 6.39. The zero-order valence-electron chi connectivity index (χ0n) is 13.1. The van der Waals surface area contributed by atoms with E-state index in [1.807, 2.05) is 36.4 Å². The van der Waals surface area contributed by atoms with Crippen LogP contribution in [0.3, 0.4) is 0 Å². The van der Waals surface area contributed by atoms with Crippen LogP contribution in [-0.4, -0.2) is 19.0 Å². The molecule has 0 bridgehead atoms. The molecule has 24 heavy (non-hydrogen) atoms. The normalized spacial score (nSPS) is 14.3. The molecular formula is C19H17ClN2O2. The highest BCUT2D eigenvalue weighted by atomic mass is 35.5. The summed E-state index contributed by atoms with van der Waals surface area (Å²) in [5, 5.41) is 4.40. The van der Waals surface area contributed by atoms with Gasteiger partial charge in [-0.25, -0.2) is 0 Å². The summed E-state index contributed by atoms with van der Waals surface area (Å²) in [5.74, 6) is 0.00660. The first-order valence-electron chi connectivity index (χ1n) is 8.05. The van der Waals surface area contributed by atoms with Gasteiger partial charge < -0.3 is 14.6 Å². The van der Waals surface area contributed by atoms with E-state index in [0.29, 0.717) is 16.3 Å². The summed E-state index contributed by atoms with van der Waals surface area (Å²) in [7, 11) is 0. The summed E-state index contributed by atoms with van der Waals surface area (Å²) in [5.41, 5.74) is 2.38. The van der Waals surface area contributed by atoms with E-state index < -0.39 is 0 Å². The van der Waals surface area contributed by atoms with E-state index in [4.69, 9.17) is 16.0 Å². The van der Waals surface area contributed by atoms with Crippen molar-refractivity contribution >= 4 is 39.9 Å². The molecular weight excluding hydrogens is 324 g/mol. The number of hydrogen-bond donors (Lipinski definition) is 1. The van der Waals surface area contributed by atoms with Crippen molar-refractivity contribution in [2.24, 2.45) is 0 Å². The smallest absolute Gasteiger partial charge is 0.291 e. The third kappa shape index (κ3) is 2.85. The number of benzene rings is 2. The molecule has 1 saturated heterocycles. The van der Waals surface area contributed by atoms with Gasteiger partial charge in [-0.2, -0.15) is 0 Å². The summed E-state index contributed by atoms with van der Waals surface area (Å²) in [6.45, 7) is 2.06. The van der Waals surface area contributed by atoms with E-state index >= 15 is 0 Å². The fourth-order valence-corrected chi connectivity index (χ4v) is 3.39. The maximum absolute atomic E-state index is 12.4. The Balaban J connectivity index is 1.53. The Morgan fingerprint density at radius 1 is 1.08 bits per heavy atom. The van der Waals surface area contributed by atoms with Gasteiger partial charge in [0.1, 0.15) is 5.58 Å². The number of carbonyl (C=O) groups excluding carboxylic acids is 1. The number of nitrogens with one attached hydrogen (secondary N) is 1. The Labute approximate surface area is 145 Å². The standard InChI is InChI=1S/C19H17ClN2O2/c20-15-12-14(7-8-16(15)22-9-3-4-10-22)21-19(23)18-11-13-5-1-2-6-17(13)24-18/h1-2,5-8,11-12H,3-4,9-10H2,(H,21,23). The van der Waals surface area contributed by atoms with Crippen LogP contribution >= 0.6 is 11.6 Å². The van der Waals surface area contributed by atoms with Crippen LogP contribution in [0.25, 0.3) is 11.0 Å². The average Bonchev–Trinajstić information content (AvgIpc) is 3.24. The lowest BCUT2D eigenvalue weighted by Gasteiger charge is -2.19. The molecule has 0 atom stereocenters. The molecule has 0 aliphatic carbocycles. The van der Waals surface area contributed by atoms with Gasteiger partial charge in [0.2, 0.25) is 0 Å². The predicted octanol–water partition coefficient (Wildman–Crippen LogP) is 4.94. The molecule has 0 unspecified atom stereocenters. The summed E-state index contributed by atoms with van der Waals surface area (Å²) < 4.78 is 5.58. The number of fused-ring (bicyclic) bond motifs is 1. The average molecular weight is 341 g/mol. The van der Waals surface area contributed by atoms with Crippen LogP contribution in [0.5, 0.6) is 0 Å². The van der Waals surface area contributed by atoms with Crippen molar-refractivity contribution in [3.8, 4) is 0 Å². The minimum Gasteiger partial charge on any atom is -0.451 e. The van der Waals surface area contributed by atoms with Crippen LogP contribution in [0.4, 0.5) is 11.4 Å². The third-order valence-electron chi connectivity index (χ3n) is 4.30.